The van der Waals surface area contributed by atoms with Crippen molar-refractivity contribution in [2.24, 2.45) is 5.92 Å². The molecule has 0 radical (unpaired) electrons. The summed E-state index contributed by atoms with van der Waals surface area (Å²) < 4.78 is 0. The van der Waals surface area contributed by atoms with Crippen LogP contribution < -0.4 is 5.32 Å². The Balaban J connectivity index is 1.67. The molecule has 3 rings (SSSR count). The first-order valence-electron chi connectivity index (χ1n) is 10.3. The van der Waals surface area contributed by atoms with Gasteiger partial charge in [-0.25, -0.2) is 4.98 Å². The minimum atomic E-state index is -0.00292. The molecule has 1 aliphatic rings. The molecule has 0 unspecified atom stereocenters. The predicted molar refractivity (Wildman–Crippen MR) is 116 cm³/mol. The van der Waals surface area contributed by atoms with E-state index in [-0.39, 0.29) is 17.7 Å². The number of pyridine rings is 1. The molecule has 1 aliphatic heterocycles. The Bertz CT molecular complexity index is 876. The van der Waals surface area contributed by atoms with Gasteiger partial charge in [0.05, 0.1) is 5.56 Å². The third kappa shape index (κ3) is 5.38. The van der Waals surface area contributed by atoms with Gasteiger partial charge in [0.25, 0.3) is 5.91 Å². The molecule has 29 heavy (non-hydrogen) atoms. The van der Waals surface area contributed by atoms with Gasteiger partial charge in [-0.15, -0.1) is 0 Å². The highest BCUT2D eigenvalue weighted by molar-refractivity contribution is 7.99. The van der Waals surface area contributed by atoms with Crippen LogP contribution in [0.25, 0.3) is 0 Å². The third-order valence-electron chi connectivity index (χ3n) is 5.40. The zero-order valence-electron chi connectivity index (χ0n) is 17.4. The SMILES string of the molecule is CCCNC(=O)C1CCN(C(=O)c2cccnc2Sc2ccc(C)c(C)c2)CC1. The molecule has 0 bridgehead atoms. The van der Waals surface area contributed by atoms with Crippen molar-refractivity contribution < 1.29 is 9.59 Å². The maximum Gasteiger partial charge on any atom is 0.256 e. The van der Waals surface area contributed by atoms with E-state index in [1.54, 1.807) is 6.20 Å². The molecule has 0 saturated carbocycles. The number of benzene rings is 1. The molecule has 5 nitrogen and oxygen atoms in total. The molecule has 1 aromatic heterocycles. The third-order valence-corrected chi connectivity index (χ3v) is 6.40. The van der Waals surface area contributed by atoms with E-state index in [0.717, 1.165) is 16.3 Å². The van der Waals surface area contributed by atoms with Crippen molar-refractivity contribution in [3.05, 3.63) is 53.2 Å². The predicted octanol–water partition coefficient (Wildman–Crippen LogP) is 4.23. The van der Waals surface area contributed by atoms with Crippen molar-refractivity contribution in [2.75, 3.05) is 19.6 Å². The van der Waals surface area contributed by atoms with Gasteiger partial charge in [0.1, 0.15) is 5.03 Å². The molecule has 1 fully saturated rings. The van der Waals surface area contributed by atoms with E-state index in [1.165, 1.54) is 22.9 Å². The first-order chi connectivity index (χ1) is 14.0. The number of carbonyl (C=O) groups is 2. The average Bonchev–Trinajstić information content (AvgIpc) is 2.74. The van der Waals surface area contributed by atoms with Gasteiger partial charge < -0.3 is 10.2 Å². The number of nitrogens with one attached hydrogen (secondary N) is 1. The van der Waals surface area contributed by atoms with Gasteiger partial charge in [-0.3, -0.25) is 9.59 Å². The van der Waals surface area contributed by atoms with Gasteiger partial charge in [0.15, 0.2) is 0 Å². The Morgan fingerprint density at radius 2 is 1.93 bits per heavy atom. The van der Waals surface area contributed by atoms with E-state index in [0.29, 0.717) is 38.0 Å². The van der Waals surface area contributed by atoms with E-state index < -0.39 is 0 Å². The fourth-order valence-electron chi connectivity index (χ4n) is 3.43. The van der Waals surface area contributed by atoms with E-state index in [1.807, 2.05) is 24.0 Å². The lowest BCUT2D eigenvalue weighted by Crippen LogP contribution is -2.43. The summed E-state index contributed by atoms with van der Waals surface area (Å²) in [5, 5.41) is 3.69. The highest BCUT2D eigenvalue weighted by Gasteiger charge is 2.28. The number of aromatic nitrogens is 1. The zero-order chi connectivity index (χ0) is 20.8. The van der Waals surface area contributed by atoms with E-state index >= 15 is 0 Å². The summed E-state index contributed by atoms with van der Waals surface area (Å²) in [5.74, 6) is 0.118. The molecule has 1 aromatic carbocycles. The molecule has 1 N–H and O–H groups in total. The highest BCUT2D eigenvalue weighted by atomic mass is 32.2. The molecule has 1 saturated heterocycles. The Hall–Kier alpha value is -2.34. The summed E-state index contributed by atoms with van der Waals surface area (Å²) in [5.41, 5.74) is 3.10. The lowest BCUT2D eigenvalue weighted by molar-refractivity contribution is -0.126. The number of hydrogen-bond donors (Lipinski definition) is 1. The minimum Gasteiger partial charge on any atom is -0.356 e. The molecule has 154 valence electrons. The topological polar surface area (TPSA) is 62.3 Å². The van der Waals surface area contributed by atoms with Crippen LogP contribution in [0.5, 0.6) is 0 Å². The molecular formula is C23H29N3O2S. The van der Waals surface area contributed by atoms with Crippen molar-refractivity contribution in [1.82, 2.24) is 15.2 Å². The van der Waals surface area contributed by atoms with Crippen molar-refractivity contribution in [3.63, 3.8) is 0 Å². The number of rotatable bonds is 6. The summed E-state index contributed by atoms with van der Waals surface area (Å²) in [6.07, 6.45) is 4.08. The van der Waals surface area contributed by atoms with E-state index in [9.17, 15) is 9.59 Å². The van der Waals surface area contributed by atoms with Crippen LogP contribution in [0.1, 0.15) is 47.7 Å². The van der Waals surface area contributed by atoms with Crippen molar-refractivity contribution in [1.29, 1.82) is 0 Å². The number of likely N-dealkylation sites (tertiary alicyclic amines) is 1. The Morgan fingerprint density at radius 3 is 2.62 bits per heavy atom. The normalized spacial score (nSPS) is 14.7. The van der Waals surface area contributed by atoms with E-state index in [4.69, 9.17) is 0 Å². The Morgan fingerprint density at radius 1 is 1.17 bits per heavy atom. The number of aryl methyl sites for hydroxylation is 2. The number of piperidine rings is 1. The molecule has 6 heteroatoms. The summed E-state index contributed by atoms with van der Waals surface area (Å²) in [7, 11) is 0. The van der Waals surface area contributed by atoms with Crippen molar-refractivity contribution in [3.8, 4) is 0 Å². The first kappa shape index (κ1) is 21.4. The number of amides is 2. The lowest BCUT2D eigenvalue weighted by Gasteiger charge is -2.31. The average molecular weight is 412 g/mol. The number of carbonyl (C=O) groups excluding carboxylic acids is 2. The fourth-order valence-corrected chi connectivity index (χ4v) is 4.41. The molecule has 0 atom stereocenters. The van der Waals surface area contributed by atoms with Gasteiger partial charge in [-0.05, 0) is 68.5 Å². The van der Waals surface area contributed by atoms with Crippen LogP contribution >= 0.6 is 11.8 Å². The summed E-state index contributed by atoms with van der Waals surface area (Å²) >= 11 is 1.52. The second-order valence-corrected chi connectivity index (χ2v) is 8.62. The quantitative estimate of drug-likeness (QED) is 0.773. The maximum absolute atomic E-state index is 13.2. The molecule has 2 aromatic rings. The molecule has 2 amide bonds. The Kier molecular flexibility index (Phi) is 7.31. The second kappa shape index (κ2) is 9.92. The fraction of sp³-hybridized carbons (Fsp3) is 0.435. The molecule has 0 aliphatic carbocycles. The van der Waals surface area contributed by atoms with Crippen LogP contribution in [0.2, 0.25) is 0 Å². The standard InChI is InChI=1S/C23H29N3O2S/c1-4-11-24-21(27)18-9-13-26(14-10-18)23(28)20-6-5-12-25-22(20)29-19-8-7-16(2)17(3)15-19/h5-8,12,15,18H,4,9-11,13-14H2,1-3H3,(H,24,27). The summed E-state index contributed by atoms with van der Waals surface area (Å²) in [6, 6.07) is 9.94. The molecular weight excluding hydrogens is 382 g/mol. The van der Waals surface area contributed by atoms with Crippen molar-refractivity contribution >= 4 is 23.6 Å². The molecule has 2 heterocycles. The van der Waals surface area contributed by atoms with Crippen LogP contribution in [0.3, 0.4) is 0 Å². The van der Waals surface area contributed by atoms with Crippen LogP contribution in [0.4, 0.5) is 0 Å². The Labute approximate surface area is 177 Å². The van der Waals surface area contributed by atoms with Gasteiger partial charge in [0, 0.05) is 36.6 Å². The lowest BCUT2D eigenvalue weighted by atomic mass is 9.95. The van der Waals surface area contributed by atoms with Gasteiger partial charge in [-0.2, -0.15) is 0 Å². The zero-order valence-corrected chi connectivity index (χ0v) is 18.2. The van der Waals surface area contributed by atoms with Crippen LogP contribution in [0.15, 0.2) is 46.5 Å². The minimum absolute atomic E-state index is 0.00292. The van der Waals surface area contributed by atoms with Gasteiger partial charge in [-0.1, -0.05) is 24.8 Å². The van der Waals surface area contributed by atoms with Crippen LogP contribution in [-0.4, -0.2) is 41.3 Å². The molecule has 0 spiro atoms. The van der Waals surface area contributed by atoms with Crippen LogP contribution in [-0.2, 0) is 4.79 Å². The number of nitrogens with zero attached hydrogens (tertiary/aromatic N) is 2. The number of hydrogen-bond acceptors (Lipinski definition) is 4. The smallest absolute Gasteiger partial charge is 0.256 e. The maximum atomic E-state index is 13.2. The van der Waals surface area contributed by atoms with Gasteiger partial charge in [0.2, 0.25) is 5.91 Å². The van der Waals surface area contributed by atoms with Crippen molar-refractivity contribution in [2.45, 2.75) is 50.0 Å². The summed E-state index contributed by atoms with van der Waals surface area (Å²) in [6.45, 7) is 8.14. The first-order valence-corrected chi connectivity index (χ1v) is 11.1. The van der Waals surface area contributed by atoms with Gasteiger partial charge >= 0.3 is 0 Å². The summed E-state index contributed by atoms with van der Waals surface area (Å²) in [4.78, 5) is 32.7. The highest BCUT2D eigenvalue weighted by Crippen LogP contribution is 2.31. The second-order valence-electron chi connectivity index (χ2n) is 7.56. The van der Waals surface area contributed by atoms with Crippen LogP contribution in [0, 0.1) is 19.8 Å². The van der Waals surface area contributed by atoms with E-state index in [2.05, 4.69) is 42.3 Å². The monoisotopic (exact) mass is 411 g/mol. The largest absolute Gasteiger partial charge is 0.356 e.